The van der Waals surface area contributed by atoms with Gasteiger partial charge in [0.2, 0.25) is 10.7 Å². The number of aromatic nitrogens is 6. The molecule has 0 fully saturated rings. The van der Waals surface area contributed by atoms with Gasteiger partial charge in [0.1, 0.15) is 23.1 Å². The summed E-state index contributed by atoms with van der Waals surface area (Å²) in [5.41, 5.74) is -5.08. The molecule has 34 heavy (non-hydrogen) atoms. The Balaban J connectivity index is 1.73. The van der Waals surface area contributed by atoms with Gasteiger partial charge in [0.25, 0.3) is 0 Å². The molecule has 4 aromatic rings. The van der Waals surface area contributed by atoms with Gasteiger partial charge in [-0.3, -0.25) is 4.98 Å². The van der Waals surface area contributed by atoms with Crippen molar-refractivity contribution in [3.05, 3.63) is 87.5 Å². The van der Waals surface area contributed by atoms with Crippen molar-refractivity contribution in [1.29, 1.82) is 0 Å². The SMILES string of the molecule is OC(Cn1[nH]nnc1=S)(c1ccc(F)cc1F)C(F)(F)c1ccc(Oc2ccc(Cl)cn2)cn1. The van der Waals surface area contributed by atoms with E-state index in [9.17, 15) is 13.9 Å². The number of hydrogen-bond acceptors (Lipinski definition) is 7. The zero-order valence-corrected chi connectivity index (χ0v) is 18.4. The van der Waals surface area contributed by atoms with E-state index in [0.29, 0.717) is 11.1 Å². The molecule has 1 unspecified atom stereocenters. The number of pyridine rings is 2. The molecule has 3 heterocycles. The van der Waals surface area contributed by atoms with Crippen molar-refractivity contribution in [3.8, 4) is 11.6 Å². The highest BCUT2D eigenvalue weighted by Gasteiger charge is 2.58. The second-order valence-electron chi connectivity index (χ2n) is 7.02. The zero-order valence-electron chi connectivity index (χ0n) is 16.8. The molecule has 0 aliphatic rings. The van der Waals surface area contributed by atoms with Crippen LogP contribution in [0.15, 0.2) is 54.9 Å². The van der Waals surface area contributed by atoms with Gasteiger partial charge < -0.3 is 9.84 Å². The van der Waals surface area contributed by atoms with Crippen LogP contribution in [0.3, 0.4) is 0 Å². The average Bonchev–Trinajstić information content (AvgIpc) is 3.19. The first-order chi connectivity index (χ1) is 16.1. The minimum Gasteiger partial charge on any atom is -0.437 e. The standard InChI is InChI=1S/C20H13ClF4N6O2S/c21-11-1-6-17(27-8-11)33-13-3-5-16(26-9-13)20(24,25)19(32,10-31-18(34)28-29-30-31)14-4-2-12(22)7-15(14)23/h1-9,32H,10H2,(H,28,30,34). The predicted octanol–water partition coefficient (Wildman–Crippen LogP) is 4.53. The number of tetrazole rings is 1. The molecule has 0 bridgehead atoms. The fourth-order valence-electron chi connectivity index (χ4n) is 3.11. The summed E-state index contributed by atoms with van der Waals surface area (Å²) in [7, 11) is 0. The molecule has 8 nitrogen and oxygen atoms in total. The lowest BCUT2D eigenvalue weighted by atomic mass is 9.84. The normalized spacial score (nSPS) is 13.5. The maximum atomic E-state index is 15.8. The number of ether oxygens (including phenoxy) is 1. The lowest BCUT2D eigenvalue weighted by Gasteiger charge is -2.36. The van der Waals surface area contributed by atoms with E-state index in [-0.39, 0.29) is 16.4 Å². The molecule has 1 aromatic carbocycles. The summed E-state index contributed by atoms with van der Waals surface area (Å²) in [5, 5.41) is 20.7. The molecule has 0 spiro atoms. The summed E-state index contributed by atoms with van der Waals surface area (Å²) < 4.78 is 65.5. The van der Waals surface area contributed by atoms with E-state index in [4.69, 9.17) is 28.6 Å². The van der Waals surface area contributed by atoms with Crippen molar-refractivity contribution in [2.45, 2.75) is 18.1 Å². The number of alkyl halides is 2. The van der Waals surface area contributed by atoms with Crippen molar-refractivity contribution in [2.75, 3.05) is 0 Å². The van der Waals surface area contributed by atoms with Crippen LogP contribution < -0.4 is 4.74 Å². The quantitative estimate of drug-likeness (QED) is 0.277. The number of benzene rings is 1. The van der Waals surface area contributed by atoms with E-state index in [1.807, 2.05) is 0 Å². The summed E-state index contributed by atoms with van der Waals surface area (Å²) in [4.78, 5) is 7.61. The zero-order chi connectivity index (χ0) is 24.5. The van der Waals surface area contributed by atoms with Gasteiger partial charge in [0.05, 0.1) is 17.8 Å². The molecule has 4 rings (SSSR count). The maximum Gasteiger partial charge on any atom is 0.323 e. The Labute approximate surface area is 198 Å². The molecular formula is C20H13ClF4N6O2S. The number of hydrogen-bond donors (Lipinski definition) is 2. The average molecular weight is 513 g/mol. The van der Waals surface area contributed by atoms with Crippen molar-refractivity contribution in [3.63, 3.8) is 0 Å². The number of aromatic amines is 1. The van der Waals surface area contributed by atoms with Crippen LogP contribution in [0.25, 0.3) is 0 Å². The minimum absolute atomic E-state index is 0.0610. The van der Waals surface area contributed by atoms with E-state index < -0.39 is 41.0 Å². The molecule has 0 saturated heterocycles. The first-order valence-electron chi connectivity index (χ1n) is 9.40. The third-order valence-corrected chi connectivity index (χ3v) is 5.32. The third-order valence-electron chi connectivity index (χ3n) is 4.80. The van der Waals surface area contributed by atoms with Crippen LogP contribution in [-0.2, 0) is 18.1 Å². The topological polar surface area (TPSA) is 102 Å². The van der Waals surface area contributed by atoms with E-state index in [0.717, 1.165) is 35.1 Å². The van der Waals surface area contributed by atoms with E-state index in [1.54, 1.807) is 0 Å². The summed E-state index contributed by atoms with van der Waals surface area (Å²) in [5.74, 6) is -6.41. The first kappa shape index (κ1) is 23.7. The lowest BCUT2D eigenvalue weighted by molar-refractivity contribution is -0.208. The molecule has 3 aromatic heterocycles. The molecule has 0 aliphatic heterocycles. The van der Waals surface area contributed by atoms with Crippen LogP contribution >= 0.6 is 23.8 Å². The smallest absolute Gasteiger partial charge is 0.323 e. The summed E-state index contributed by atoms with van der Waals surface area (Å²) in [6.07, 6.45) is 2.31. The van der Waals surface area contributed by atoms with Gasteiger partial charge in [-0.25, -0.2) is 18.4 Å². The van der Waals surface area contributed by atoms with E-state index >= 15 is 8.78 Å². The molecule has 1 atom stereocenters. The van der Waals surface area contributed by atoms with Gasteiger partial charge in [-0.1, -0.05) is 21.9 Å². The highest BCUT2D eigenvalue weighted by Crippen LogP contribution is 2.47. The highest BCUT2D eigenvalue weighted by atomic mass is 35.5. The fourth-order valence-corrected chi connectivity index (χ4v) is 3.37. The van der Waals surface area contributed by atoms with Crippen LogP contribution in [0.1, 0.15) is 11.3 Å². The number of aliphatic hydroxyl groups is 1. The predicted molar refractivity (Wildman–Crippen MR) is 113 cm³/mol. The summed E-state index contributed by atoms with van der Waals surface area (Å²) >= 11 is 10.6. The van der Waals surface area contributed by atoms with Crippen LogP contribution in [0, 0.1) is 16.4 Å². The van der Waals surface area contributed by atoms with Crippen molar-refractivity contribution in [1.82, 2.24) is 30.2 Å². The molecule has 0 radical (unpaired) electrons. The minimum atomic E-state index is -4.21. The van der Waals surface area contributed by atoms with Crippen LogP contribution in [0.4, 0.5) is 17.6 Å². The van der Waals surface area contributed by atoms with Gasteiger partial charge >= 0.3 is 5.92 Å². The van der Waals surface area contributed by atoms with Gasteiger partial charge in [0.15, 0.2) is 5.60 Å². The van der Waals surface area contributed by atoms with Crippen LogP contribution in [0.5, 0.6) is 11.6 Å². The van der Waals surface area contributed by atoms with Crippen LogP contribution in [0.2, 0.25) is 5.02 Å². The lowest BCUT2D eigenvalue weighted by Crippen LogP contribution is -2.48. The summed E-state index contributed by atoms with van der Waals surface area (Å²) in [6.45, 7) is -0.997. The largest absolute Gasteiger partial charge is 0.437 e. The molecular weight excluding hydrogens is 500 g/mol. The highest BCUT2D eigenvalue weighted by molar-refractivity contribution is 7.71. The Morgan fingerprint density at radius 2 is 1.88 bits per heavy atom. The van der Waals surface area contributed by atoms with Crippen molar-refractivity contribution < 1.29 is 27.4 Å². The molecule has 14 heteroatoms. The third kappa shape index (κ3) is 4.49. The Bertz CT molecular complexity index is 1370. The fraction of sp³-hybridized carbons (Fsp3) is 0.150. The molecule has 2 N–H and O–H groups in total. The number of nitrogens with one attached hydrogen (secondary N) is 1. The van der Waals surface area contributed by atoms with Gasteiger partial charge in [-0.15, -0.1) is 0 Å². The number of rotatable bonds is 7. The molecule has 0 saturated carbocycles. The Morgan fingerprint density at radius 3 is 2.47 bits per heavy atom. The van der Waals surface area contributed by atoms with Crippen molar-refractivity contribution in [2.24, 2.45) is 0 Å². The number of nitrogens with zero attached hydrogens (tertiary/aromatic N) is 5. The van der Waals surface area contributed by atoms with Crippen LogP contribution in [-0.4, -0.2) is 35.3 Å². The van der Waals surface area contributed by atoms with E-state index in [2.05, 4.69) is 25.5 Å². The van der Waals surface area contributed by atoms with E-state index in [1.165, 1.54) is 18.3 Å². The maximum absolute atomic E-state index is 15.8. The van der Waals surface area contributed by atoms with Gasteiger partial charge in [0, 0.05) is 23.9 Å². The summed E-state index contributed by atoms with van der Waals surface area (Å²) in [6, 6.07) is 6.88. The second-order valence-corrected chi connectivity index (χ2v) is 7.82. The van der Waals surface area contributed by atoms with Gasteiger partial charge in [-0.05, 0) is 42.5 Å². The second kappa shape index (κ2) is 9.08. The number of H-pyrrole nitrogens is 1. The molecule has 176 valence electrons. The van der Waals surface area contributed by atoms with Gasteiger partial charge in [-0.2, -0.15) is 14.0 Å². The Hall–Kier alpha value is -3.42. The monoisotopic (exact) mass is 512 g/mol. The Morgan fingerprint density at radius 1 is 1.09 bits per heavy atom. The number of halogens is 5. The van der Waals surface area contributed by atoms with Crippen molar-refractivity contribution >= 4 is 23.8 Å². The molecule has 0 amide bonds. The first-order valence-corrected chi connectivity index (χ1v) is 10.2. The molecule has 0 aliphatic carbocycles. The Kier molecular flexibility index (Phi) is 6.34.